The second kappa shape index (κ2) is 10.3. The summed E-state index contributed by atoms with van der Waals surface area (Å²) >= 11 is 1.77. The molecule has 31 heavy (non-hydrogen) atoms. The number of hydrogen-bond acceptors (Lipinski definition) is 4. The van der Waals surface area contributed by atoms with Crippen molar-refractivity contribution in [3.8, 4) is 5.88 Å². The summed E-state index contributed by atoms with van der Waals surface area (Å²) in [6.45, 7) is -0.0853. The van der Waals surface area contributed by atoms with Gasteiger partial charge in [-0.15, -0.1) is 11.8 Å². The Morgan fingerprint density at radius 1 is 0.710 bits per heavy atom. The molecule has 1 aromatic heterocycles. The van der Waals surface area contributed by atoms with E-state index >= 15 is 0 Å². The van der Waals surface area contributed by atoms with Gasteiger partial charge in [0.15, 0.2) is 0 Å². The van der Waals surface area contributed by atoms with Gasteiger partial charge in [-0.25, -0.2) is 4.98 Å². The maximum absolute atomic E-state index is 10.0. The molecule has 0 amide bonds. The number of ether oxygens (including phenoxy) is 1. The van der Waals surface area contributed by atoms with E-state index in [0.717, 1.165) is 0 Å². The van der Waals surface area contributed by atoms with Crippen molar-refractivity contribution in [2.24, 2.45) is 0 Å². The molecule has 0 radical (unpaired) electrons. The molecule has 0 aliphatic carbocycles. The lowest BCUT2D eigenvalue weighted by Crippen LogP contribution is -2.31. The van der Waals surface area contributed by atoms with Crippen molar-refractivity contribution in [1.29, 1.82) is 0 Å². The highest BCUT2D eigenvalue weighted by atomic mass is 32.2. The molecule has 3 aromatic carbocycles. The lowest BCUT2D eigenvalue weighted by Gasteiger charge is -2.36. The number of pyridine rings is 1. The normalized spacial score (nSPS) is 12.3. The van der Waals surface area contributed by atoms with Crippen LogP contribution in [-0.2, 0) is 4.75 Å². The second-order valence-corrected chi connectivity index (χ2v) is 8.42. The third-order valence-corrected chi connectivity index (χ3v) is 6.83. The van der Waals surface area contributed by atoms with Crippen molar-refractivity contribution in [1.82, 2.24) is 4.98 Å². The fourth-order valence-corrected chi connectivity index (χ4v) is 5.22. The molecular formula is C27H25NO2S. The van der Waals surface area contributed by atoms with Crippen LogP contribution in [0, 0.1) is 0 Å². The van der Waals surface area contributed by atoms with Gasteiger partial charge in [-0.05, 0) is 22.8 Å². The van der Waals surface area contributed by atoms with E-state index < -0.39 is 4.75 Å². The first kappa shape index (κ1) is 21.2. The summed E-state index contributed by atoms with van der Waals surface area (Å²) in [5.74, 6) is 1.11. The summed E-state index contributed by atoms with van der Waals surface area (Å²) < 4.78 is 5.54. The molecule has 0 aliphatic heterocycles. The monoisotopic (exact) mass is 427 g/mol. The van der Waals surface area contributed by atoms with E-state index in [9.17, 15) is 5.11 Å². The Labute approximate surface area is 187 Å². The van der Waals surface area contributed by atoms with Crippen LogP contribution in [0.4, 0.5) is 0 Å². The fourth-order valence-electron chi connectivity index (χ4n) is 3.70. The SMILES string of the molecule is OCC(CSC(c1ccccc1)(c1ccccc1)c1ccccc1)Oc1ccccn1. The summed E-state index contributed by atoms with van der Waals surface area (Å²) in [6, 6.07) is 37.1. The molecule has 0 saturated heterocycles. The fraction of sp³-hybridized carbons (Fsp3) is 0.148. The molecule has 0 bridgehead atoms. The van der Waals surface area contributed by atoms with E-state index in [1.54, 1.807) is 18.0 Å². The minimum Gasteiger partial charge on any atom is -0.471 e. The number of hydrogen-bond donors (Lipinski definition) is 1. The van der Waals surface area contributed by atoms with Crippen LogP contribution in [0.1, 0.15) is 16.7 Å². The van der Waals surface area contributed by atoms with E-state index in [4.69, 9.17) is 4.74 Å². The number of aliphatic hydroxyl groups is 1. The largest absolute Gasteiger partial charge is 0.471 e. The highest BCUT2D eigenvalue weighted by Gasteiger charge is 2.37. The molecule has 0 spiro atoms. The Balaban J connectivity index is 1.75. The molecule has 1 unspecified atom stereocenters. The quantitative estimate of drug-likeness (QED) is 0.356. The van der Waals surface area contributed by atoms with E-state index in [1.807, 2.05) is 36.4 Å². The number of rotatable bonds is 9. The maximum atomic E-state index is 10.0. The third-order valence-electron chi connectivity index (χ3n) is 5.16. The standard InChI is InChI=1S/C27H25NO2S/c29-20-25(30-26-18-10-11-19-28-26)21-31-27(22-12-4-1-5-13-22,23-14-6-2-7-15-23)24-16-8-3-9-17-24/h1-19,25,29H,20-21H2. The van der Waals surface area contributed by atoms with E-state index in [2.05, 4.69) is 77.8 Å². The molecule has 156 valence electrons. The number of thioether (sulfide) groups is 1. The van der Waals surface area contributed by atoms with Gasteiger partial charge in [-0.1, -0.05) is 97.1 Å². The molecule has 1 N–H and O–H groups in total. The van der Waals surface area contributed by atoms with E-state index in [-0.39, 0.29) is 12.7 Å². The summed E-state index contributed by atoms with van der Waals surface area (Å²) in [5.41, 5.74) is 3.56. The molecule has 4 heteroatoms. The van der Waals surface area contributed by atoms with Crippen LogP contribution < -0.4 is 4.74 Å². The summed E-state index contributed by atoms with van der Waals surface area (Å²) in [7, 11) is 0. The van der Waals surface area contributed by atoms with Crippen LogP contribution in [0.15, 0.2) is 115 Å². The second-order valence-electron chi connectivity index (χ2n) is 7.18. The van der Waals surface area contributed by atoms with E-state index in [1.165, 1.54) is 16.7 Å². The minimum absolute atomic E-state index is 0.0853. The average Bonchev–Trinajstić information content (AvgIpc) is 2.86. The van der Waals surface area contributed by atoms with Crippen molar-refractivity contribution in [2.45, 2.75) is 10.9 Å². The van der Waals surface area contributed by atoms with Crippen LogP contribution in [-0.4, -0.2) is 28.6 Å². The Morgan fingerprint density at radius 2 is 1.19 bits per heavy atom. The predicted molar refractivity (Wildman–Crippen MR) is 127 cm³/mol. The third kappa shape index (κ3) is 4.82. The highest BCUT2D eigenvalue weighted by molar-refractivity contribution is 8.00. The summed E-state index contributed by atoms with van der Waals surface area (Å²) in [6.07, 6.45) is 1.31. The van der Waals surface area contributed by atoms with Gasteiger partial charge >= 0.3 is 0 Å². The van der Waals surface area contributed by atoms with Crippen LogP contribution >= 0.6 is 11.8 Å². The Morgan fingerprint density at radius 3 is 1.61 bits per heavy atom. The number of benzene rings is 3. The average molecular weight is 428 g/mol. The maximum Gasteiger partial charge on any atom is 0.213 e. The van der Waals surface area contributed by atoms with Crippen LogP contribution in [0.2, 0.25) is 0 Å². The smallest absolute Gasteiger partial charge is 0.213 e. The van der Waals surface area contributed by atoms with Crippen LogP contribution in [0.25, 0.3) is 0 Å². The van der Waals surface area contributed by atoms with Gasteiger partial charge in [0.1, 0.15) is 6.10 Å². The van der Waals surface area contributed by atoms with Gasteiger partial charge in [0.25, 0.3) is 0 Å². The zero-order valence-electron chi connectivity index (χ0n) is 17.2. The van der Waals surface area contributed by atoms with Crippen molar-refractivity contribution < 1.29 is 9.84 Å². The first-order valence-electron chi connectivity index (χ1n) is 10.3. The Kier molecular flexibility index (Phi) is 7.03. The van der Waals surface area contributed by atoms with E-state index in [0.29, 0.717) is 11.6 Å². The molecule has 1 atom stereocenters. The topological polar surface area (TPSA) is 42.4 Å². The molecular weight excluding hydrogens is 402 g/mol. The first-order chi connectivity index (χ1) is 15.3. The van der Waals surface area contributed by atoms with Gasteiger partial charge in [0, 0.05) is 18.0 Å². The number of aliphatic hydroxyl groups excluding tert-OH is 1. The number of nitrogens with zero attached hydrogens (tertiary/aromatic N) is 1. The van der Waals surface area contributed by atoms with Gasteiger partial charge in [-0.2, -0.15) is 0 Å². The zero-order chi connectivity index (χ0) is 21.4. The molecule has 1 heterocycles. The minimum atomic E-state index is -0.440. The van der Waals surface area contributed by atoms with Crippen molar-refractivity contribution in [3.63, 3.8) is 0 Å². The van der Waals surface area contributed by atoms with Gasteiger partial charge in [0.05, 0.1) is 11.4 Å². The Bertz CT molecular complexity index is 947. The van der Waals surface area contributed by atoms with Gasteiger partial charge < -0.3 is 9.84 Å². The molecule has 0 aliphatic rings. The zero-order valence-corrected chi connectivity index (χ0v) is 18.0. The van der Waals surface area contributed by atoms with Crippen molar-refractivity contribution in [2.75, 3.05) is 12.4 Å². The van der Waals surface area contributed by atoms with Crippen LogP contribution in [0.5, 0.6) is 5.88 Å². The lowest BCUT2D eigenvalue weighted by atomic mass is 9.84. The molecule has 0 fully saturated rings. The first-order valence-corrected chi connectivity index (χ1v) is 11.3. The van der Waals surface area contributed by atoms with Crippen molar-refractivity contribution >= 4 is 11.8 Å². The Hall–Kier alpha value is -3.08. The molecule has 3 nitrogen and oxygen atoms in total. The molecule has 4 aromatic rings. The lowest BCUT2D eigenvalue weighted by molar-refractivity contribution is 0.128. The summed E-state index contributed by atoms with van der Waals surface area (Å²) in [5, 5.41) is 10.0. The summed E-state index contributed by atoms with van der Waals surface area (Å²) in [4.78, 5) is 4.24. The van der Waals surface area contributed by atoms with Crippen molar-refractivity contribution in [3.05, 3.63) is 132 Å². The number of aromatic nitrogens is 1. The predicted octanol–water partition coefficient (Wildman–Crippen LogP) is 5.55. The van der Waals surface area contributed by atoms with Gasteiger partial charge in [0.2, 0.25) is 5.88 Å². The molecule has 4 rings (SSSR count). The highest BCUT2D eigenvalue weighted by Crippen LogP contribution is 2.48. The van der Waals surface area contributed by atoms with Crippen LogP contribution in [0.3, 0.4) is 0 Å². The van der Waals surface area contributed by atoms with Gasteiger partial charge in [-0.3, -0.25) is 0 Å². The molecule has 0 saturated carbocycles.